The maximum Gasteiger partial charge on any atom is 0.200 e. The molecule has 1 aliphatic rings. The first kappa shape index (κ1) is 20.5. The molecule has 2 N–H and O–H groups in total. The number of ether oxygens (including phenoxy) is 1. The lowest BCUT2D eigenvalue weighted by molar-refractivity contribution is 0.103. The summed E-state index contributed by atoms with van der Waals surface area (Å²) >= 11 is 6.54. The number of aromatic amines is 1. The molecule has 0 aliphatic carbocycles. The van der Waals surface area contributed by atoms with E-state index in [4.69, 9.17) is 16.3 Å². The van der Waals surface area contributed by atoms with Gasteiger partial charge in [0, 0.05) is 16.5 Å². The Morgan fingerprint density at radius 1 is 1.06 bits per heavy atom. The van der Waals surface area contributed by atoms with Crippen LogP contribution in [0.2, 0.25) is 5.02 Å². The molecule has 1 aliphatic heterocycles. The van der Waals surface area contributed by atoms with E-state index in [2.05, 4.69) is 11.1 Å². The molecule has 160 valence electrons. The van der Waals surface area contributed by atoms with Gasteiger partial charge in [-0.15, -0.1) is 0 Å². The molecule has 1 aromatic heterocycles. The number of aromatic nitrogens is 1. The van der Waals surface area contributed by atoms with E-state index in [0.717, 1.165) is 35.8 Å². The monoisotopic (exact) mass is 447 g/mol. The van der Waals surface area contributed by atoms with E-state index < -0.39 is 11.6 Å². The molecule has 0 amide bonds. The standard InChI is InChI=1S/C26H19ClFNO3/c27-22-14-23-21(24(26(31)29-23)25(30)18-2-1-3-19(28)12-18)13-20(22)17-6-4-15(5-7-17)16-8-10-32-11-9-16/h1-8,12-14,29,31H,9-11H2. The average Bonchev–Trinajstić information content (AvgIpc) is 3.13. The topological polar surface area (TPSA) is 62.3 Å². The third-order valence-electron chi connectivity index (χ3n) is 5.71. The predicted molar refractivity (Wildman–Crippen MR) is 124 cm³/mol. The number of carbonyl (C=O) groups excluding carboxylic acids is 1. The van der Waals surface area contributed by atoms with Gasteiger partial charge in [-0.05, 0) is 47.4 Å². The van der Waals surface area contributed by atoms with Crippen LogP contribution in [0.25, 0.3) is 27.6 Å². The lowest BCUT2D eigenvalue weighted by Crippen LogP contribution is -2.03. The minimum absolute atomic E-state index is 0.0903. The summed E-state index contributed by atoms with van der Waals surface area (Å²) in [4.78, 5) is 15.9. The Morgan fingerprint density at radius 2 is 1.84 bits per heavy atom. The van der Waals surface area contributed by atoms with Crippen LogP contribution in [-0.4, -0.2) is 29.1 Å². The molecule has 0 atom stereocenters. The number of hydrogen-bond donors (Lipinski definition) is 2. The van der Waals surface area contributed by atoms with Gasteiger partial charge in [-0.3, -0.25) is 4.79 Å². The highest BCUT2D eigenvalue weighted by Gasteiger charge is 2.22. The van der Waals surface area contributed by atoms with Crippen molar-refractivity contribution in [1.82, 2.24) is 4.98 Å². The molecular weight excluding hydrogens is 429 g/mol. The Hall–Kier alpha value is -3.41. The second-order valence-electron chi connectivity index (χ2n) is 7.70. The largest absolute Gasteiger partial charge is 0.494 e. The summed E-state index contributed by atoms with van der Waals surface area (Å²) in [6.45, 7) is 1.34. The van der Waals surface area contributed by atoms with E-state index in [1.165, 1.54) is 23.8 Å². The Bertz CT molecular complexity index is 1370. The number of ketones is 1. The van der Waals surface area contributed by atoms with E-state index in [9.17, 15) is 14.3 Å². The summed E-state index contributed by atoms with van der Waals surface area (Å²) in [6.07, 6.45) is 2.96. The van der Waals surface area contributed by atoms with Crippen molar-refractivity contribution in [3.8, 4) is 17.0 Å². The summed E-state index contributed by atoms with van der Waals surface area (Å²) < 4.78 is 19.0. The van der Waals surface area contributed by atoms with E-state index in [0.29, 0.717) is 22.5 Å². The van der Waals surface area contributed by atoms with Crippen LogP contribution in [-0.2, 0) is 4.74 Å². The van der Waals surface area contributed by atoms with Gasteiger partial charge in [0.1, 0.15) is 5.82 Å². The molecule has 0 radical (unpaired) electrons. The molecule has 6 heteroatoms. The number of aromatic hydroxyl groups is 1. The maximum absolute atomic E-state index is 13.6. The average molecular weight is 448 g/mol. The van der Waals surface area contributed by atoms with E-state index >= 15 is 0 Å². The van der Waals surface area contributed by atoms with E-state index in [-0.39, 0.29) is 17.0 Å². The van der Waals surface area contributed by atoms with Crippen LogP contribution in [0.4, 0.5) is 4.39 Å². The molecule has 4 aromatic rings. The van der Waals surface area contributed by atoms with Crippen molar-refractivity contribution in [3.63, 3.8) is 0 Å². The highest BCUT2D eigenvalue weighted by atomic mass is 35.5. The Balaban J connectivity index is 1.58. The molecular formula is C26H19ClFNO3. The van der Waals surface area contributed by atoms with Gasteiger partial charge < -0.3 is 14.8 Å². The van der Waals surface area contributed by atoms with Crippen LogP contribution in [0.3, 0.4) is 0 Å². The zero-order chi connectivity index (χ0) is 22.2. The number of rotatable bonds is 4. The van der Waals surface area contributed by atoms with Crippen molar-refractivity contribution in [1.29, 1.82) is 0 Å². The summed E-state index contributed by atoms with van der Waals surface area (Å²) in [7, 11) is 0. The fourth-order valence-electron chi connectivity index (χ4n) is 4.08. The second-order valence-corrected chi connectivity index (χ2v) is 8.10. The third kappa shape index (κ3) is 3.70. The SMILES string of the molecule is O=C(c1cccc(F)c1)c1c(O)[nH]c2cc(Cl)c(-c3ccc(C4=CCOCC4)cc3)cc12. The second kappa shape index (κ2) is 8.26. The smallest absolute Gasteiger partial charge is 0.200 e. The van der Waals surface area contributed by atoms with Crippen molar-refractivity contribution >= 4 is 33.9 Å². The van der Waals surface area contributed by atoms with Gasteiger partial charge in [0.05, 0.1) is 29.3 Å². The fraction of sp³-hybridized carbons (Fsp3) is 0.115. The van der Waals surface area contributed by atoms with Gasteiger partial charge in [-0.2, -0.15) is 0 Å². The highest BCUT2D eigenvalue weighted by Crippen LogP contribution is 2.37. The van der Waals surface area contributed by atoms with Crippen LogP contribution in [0, 0.1) is 5.82 Å². The number of halogens is 2. The molecule has 0 bridgehead atoms. The number of hydrogen-bond acceptors (Lipinski definition) is 3. The summed E-state index contributed by atoms with van der Waals surface area (Å²) in [5, 5.41) is 11.4. The molecule has 2 heterocycles. The lowest BCUT2D eigenvalue weighted by Gasteiger charge is -2.14. The fourth-order valence-corrected chi connectivity index (χ4v) is 4.35. The van der Waals surface area contributed by atoms with E-state index in [1.807, 2.05) is 24.3 Å². The first-order chi connectivity index (χ1) is 15.5. The van der Waals surface area contributed by atoms with Crippen LogP contribution < -0.4 is 0 Å². The summed E-state index contributed by atoms with van der Waals surface area (Å²) in [5.74, 6) is -1.26. The zero-order valence-electron chi connectivity index (χ0n) is 17.0. The van der Waals surface area contributed by atoms with Gasteiger partial charge in [0.25, 0.3) is 0 Å². The number of nitrogens with one attached hydrogen (secondary N) is 1. The molecule has 5 rings (SSSR count). The predicted octanol–water partition coefficient (Wildman–Crippen LogP) is 6.37. The minimum atomic E-state index is -0.515. The van der Waals surface area contributed by atoms with Gasteiger partial charge in [-0.1, -0.05) is 54.1 Å². The molecule has 0 saturated heterocycles. The van der Waals surface area contributed by atoms with Crippen molar-refractivity contribution in [3.05, 3.63) is 94.3 Å². The van der Waals surface area contributed by atoms with Gasteiger partial charge in [-0.25, -0.2) is 4.39 Å². The van der Waals surface area contributed by atoms with Gasteiger partial charge in [0.15, 0.2) is 5.78 Å². The minimum Gasteiger partial charge on any atom is -0.494 e. The van der Waals surface area contributed by atoms with Crippen molar-refractivity contribution in [2.75, 3.05) is 13.2 Å². The van der Waals surface area contributed by atoms with Crippen molar-refractivity contribution in [2.24, 2.45) is 0 Å². The highest BCUT2D eigenvalue weighted by molar-refractivity contribution is 6.34. The number of fused-ring (bicyclic) bond motifs is 1. The summed E-state index contributed by atoms with van der Waals surface area (Å²) in [5.41, 5.74) is 4.79. The molecule has 4 nitrogen and oxygen atoms in total. The molecule has 0 fully saturated rings. The third-order valence-corrected chi connectivity index (χ3v) is 6.02. The van der Waals surface area contributed by atoms with Crippen LogP contribution in [0.1, 0.15) is 27.9 Å². The van der Waals surface area contributed by atoms with Crippen LogP contribution in [0.5, 0.6) is 5.88 Å². The van der Waals surface area contributed by atoms with Gasteiger partial charge >= 0.3 is 0 Å². The number of benzene rings is 3. The molecule has 0 saturated carbocycles. The molecule has 0 unspecified atom stereocenters. The van der Waals surface area contributed by atoms with Crippen molar-refractivity contribution < 1.29 is 19.0 Å². The molecule has 0 spiro atoms. The van der Waals surface area contributed by atoms with Crippen molar-refractivity contribution in [2.45, 2.75) is 6.42 Å². The molecule has 3 aromatic carbocycles. The Kier molecular flexibility index (Phi) is 5.29. The maximum atomic E-state index is 13.6. The quantitative estimate of drug-likeness (QED) is 0.357. The number of carbonyl (C=O) groups is 1. The van der Waals surface area contributed by atoms with Crippen LogP contribution in [0.15, 0.2) is 66.7 Å². The first-order valence-electron chi connectivity index (χ1n) is 10.2. The normalized spacial score (nSPS) is 13.9. The van der Waals surface area contributed by atoms with E-state index in [1.54, 1.807) is 12.1 Å². The van der Waals surface area contributed by atoms with Crippen LogP contribution >= 0.6 is 11.6 Å². The lowest BCUT2D eigenvalue weighted by atomic mass is 9.96. The summed E-state index contributed by atoms with van der Waals surface area (Å²) in [6, 6.07) is 16.9. The Labute approximate surface area is 188 Å². The van der Waals surface area contributed by atoms with Gasteiger partial charge in [0.2, 0.25) is 5.88 Å². The first-order valence-corrected chi connectivity index (χ1v) is 10.6. The number of H-pyrrole nitrogens is 1. The molecule has 32 heavy (non-hydrogen) atoms. The zero-order valence-corrected chi connectivity index (χ0v) is 17.7. The Morgan fingerprint density at radius 3 is 2.56 bits per heavy atom.